The van der Waals surface area contributed by atoms with E-state index in [1.807, 2.05) is 66.7 Å². The maximum Gasteiger partial charge on any atom is 0.243 e. The first-order chi connectivity index (χ1) is 25.4. The highest BCUT2D eigenvalue weighted by Crippen LogP contribution is 2.44. The molecule has 0 aromatic heterocycles. The Morgan fingerprint density at radius 1 is 0.943 bits per heavy atom. The Morgan fingerprint density at radius 3 is 2.36 bits per heavy atom. The standard InChI is InChI=1S/C44H61N3O5Si/c1-8-9-12-24-42(48)47(5)39-23-17-18-27-50-40-30-37(36-29-34(25-26-35(36)40)51-33-21-15-11-16-22-33)45-31-41(52-53(6,7)44(2,3)4)38(46-43(39)49)28-32-19-13-10-14-20-32/h10-11,13-22,25-26,29,37-41,45H,8-9,12,23-24,27-28,30-31H2,1-7H3,(H,46,49)/b18-17-/t37?,38-,39-,40?,41+/m0/s1. The van der Waals surface area contributed by atoms with E-state index in [0.717, 1.165) is 53.9 Å². The number of nitrogens with one attached hydrogen (secondary N) is 2. The van der Waals surface area contributed by atoms with Gasteiger partial charge in [-0.05, 0) is 84.8 Å². The Bertz CT molecular complexity index is 1660. The SMILES string of the molecule is CCCCCC(=O)N(C)[C@H]1C/C=C\COC2CC(NC[C@@H](O[Si](C)(C)C(C)(C)C)[C@H](Cc3ccccc3)NC1=O)c1cc(Oc3ccccc3)ccc12. The van der Waals surface area contributed by atoms with Crippen molar-refractivity contribution in [2.75, 3.05) is 20.2 Å². The molecule has 53 heavy (non-hydrogen) atoms. The van der Waals surface area contributed by atoms with Crippen LogP contribution in [0.4, 0.5) is 0 Å². The van der Waals surface area contributed by atoms with E-state index in [0.29, 0.717) is 32.4 Å². The molecule has 2 bridgehead atoms. The highest BCUT2D eigenvalue weighted by atomic mass is 28.4. The summed E-state index contributed by atoms with van der Waals surface area (Å²) in [6.07, 6.45) is 8.50. The molecule has 2 aliphatic rings. The smallest absolute Gasteiger partial charge is 0.243 e. The predicted octanol–water partition coefficient (Wildman–Crippen LogP) is 9.06. The number of unbranched alkanes of at least 4 members (excludes halogenated alkanes) is 2. The quantitative estimate of drug-likeness (QED) is 0.116. The van der Waals surface area contributed by atoms with Crippen molar-refractivity contribution in [1.82, 2.24) is 15.5 Å². The van der Waals surface area contributed by atoms with Gasteiger partial charge >= 0.3 is 0 Å². The molecular formula is C44H61N3O5Si. The van der Waals surface area contributed by atoms with Crippen LogP contribution in [-0.2, 0) is 25.2 Å². The van der Waals surface area contributed by atoms with Gasteiger partial charge in [-0.2, -0.15) is 0 Å². The number of carbonyl (C=O) groups is 2. The van der Waals surface area contributed by atoms with Crippen LogP contribution in [0, 0.1) is 0 Å². The summed E-state index contributed by atoms with van der Waals surface area (Å²) in [5, 5.41) is 7.29. The minimum Gasteiger partial charge on any atom is -0.457 e. The zero-order chi connectivity index (χ0) is 38.0. The van der Waals surface area contributed by atoms with Gasteiger partial charge in [0, 0.05) is 26.1 Å². The first-order valence-electron chi connectivity index (χ1n) is 19.5. The number of fused-ring (bicyclic) bond motifs is 5. The van der Waals surface area contributed by atoms with E-state index in [2.05, 4.69) is 75.7 Å². The fourth-order valence-electron chi connectivity index (χ4n) is 6.94. The largest absolute Gasteiger partial charge is 0.457 e. The molecule has 1 aliphatic carbocycles. The van der Waals surface area contributed by atoms with Crippen molar-refractivity contribution in [3.8, 4) is 11.5 Å². The molecular weight excluding hydrogens is 679 g/mol. The second-order valence-corrected chi connectivity index (χ2v) is 20.9. The molecule has 1 aliphatic heterocycles. The Balaban J connectivity index is 1.52. The number of hydrogen-bond acceptors (Lipinski definition) is 6. The third-order valence-corrected chi connectivity index (χ3v) is 15.7. The summed E-state index contributed by atoms with van der Waals surface area (Å²) in [4.78, 5) is 29.5. The minimum atomic E-state index is -2.32. The number of carbonyl (C=O) groups excluding carboxylic acids is 2. The van der Waals surface area contributed by atoms with Gasteiger partial charge in [-0.3, -0.25) is 9.59 Å². The van der Waals surface area contributed by atoms with Gasteiger partial charge in [0.25, 0.3) is 0 Å². The molecule has 286 valence electrons. The normalized spacial score (nSPS) is 23.2. The highest BCUT2D eigenvalue weighted by Gasteiger charge is 2.42. The maximum absolute atomic E-state index is 14.5. The molecule has 1 heterocycles. The van der Waals surface area contributed by atoms with Crippen molar-refractivity contribution in [3.63, 3.8) is 0 Å². The van der Waals surface area contributed by atoms with Gasteiger partial charge in [0.15, 0.2) is 8.32 Å². The predicted molar refractivity (Wildman–Crippen MR) is 216 cm³/mol. The van der Waals surface area contributed by atoms with E-state index in [1.165, 1.54) is 0 Å². The lowest BCUT2D eigenvalue weighted by molar-refractivity contribution is -0.139. The third kappa shape index (κ3) is 10.9. The topological polar surface area (TPSA) is 89.1 Å². The summed E-state index contributed by atoms with van der Waals surface area (Å²) in [5.41, 5.74) is 3.41. The van der Waals surface area contributed by atoms with Crippen LogP contribution in [0.3, 0.4) is 0 Å². The van der Waals surface area contributed by atoms with Gasteiger partial charge in [0.2, 0.25) is 11.8 Å². The van der Waals surface area contributed by atoms with Gasteiger partial charge in [0.05, 0.1) is 24.9 Å². The molecule has 0 saturated heterocycles. The van der Waals surface area contributed by atoms with Gasteiger partial charge < -0.3 is 29.4 Å². The zero-order valence-corrected chi connectivity index (χ0v) is 33.9. The van der Waals surface area contributed by atoms with Gasteiger partial charge in [-0.25, -0.2) is 0 Å². The summed E-state index contributed by atoms with van der Waals surface area (Å²) >= 11 is 0. The van der Waals surface area contributed by atoms with Crippen molar-refractivity contribution < 1.29 is 23.5 Å². The lowest BCUT2D eigenvalue weighted by Crippen LogP contribution is -2.58. The molecule has 8 nitrogen and oxygen atoms in total. The Hall–Kier alpha value is -3.76. The second-order valence-electron chi connectivity index (χ2n) is 16.1. The van der Waals surface area contributed by atoms with E-state index >= 15 is 0 Å². The molecule has 2 unspecified atom stereocenters. The molecule has 2 N–H and O–H groups in total. The van der Waals surface area contributed by atoms with Crippen LogP contribution in [0.25, 0.3) is 0 Å². The fraction of sp³-hybridized carbons (Fsp3) is 0.500. The summed E-state index contributed by atoms with van der Waals surface area (Å²) in [5.74, 6) is 1.38. The number of para-hydroxylation sites is 1. The molecule has 9 heteroatoms. The molecule has 3 aromatic rings. The van der Waals surface area contributed by atoms with Crippen LogP contribution in [0.2, 0.25) is 18.1 Å². The monoisotopic (exact) mass is 739 g/mol. The zero-order valence-electron chi connectivity index (χ0n) is 32.9. The van der Waals surface area contributed by atoms with Crippen molar-refractivity contribution in [2.24, 2.45) is 0 Å². The summed E-state index contributed by atoms with van der Waals surface area (Å²) < 4.78 is 20.1. The van der Waals surface area contributed by atoms with Crippen LogP contribution in [0.5, 0.6) is 11.5 Å². The lowest BCUT2D eigenvalue weighted by atomic mass is 9.99. The van der Waals surface area contributed by atoms with Gasteiger partial charge in [0.1, 0.15) is 17.5 Å². The molecule has 3 aromatic carbocycles. The number of amides is 2. The van der Waals surface area contributed by atoms with Crippen molar-refractivity contribution in [1.29, 1.82) is 0 Å². The maximum atomic E-state index is 14.5. The summed E-state index contributed by atoms with van der Waals surface area (Å²) in [6, 6.07) is 25.4. The van der Waals surface area contributed by atoms with E-state index in [-0.39, 0.29) is 41.1 Å². The van der Waals surface area contributed by atoms with E-state index in [1.54, 1.807) is 11.9 Å². The second kappa shape index (κ2) is 18.5. The van der Waals surface area contributed by atoms with E-state index in [9.17, 15) is 9.59 Å². The Morgan fingerprint density at radius 2 is 1.66 bits per heavy atom. The number of ether oxygens (including phenoxy) is 2. The molecule has 0 radical (unpaired) electrons. The van der Waals surface area contributed by atoms with Gasteiger partial charge in [-0.1, -0.05) is 107 Å². The number of likely N-dealkylation sites (N-methyl/N-ethyl adjacent to an activating group) is 1. The van der Waals surface area contributed by atoms with Crippen molar-refractivity contribution >= 4 is 20.1 Å². The van der Waals surface area contributed by atoms with Crippen LogP contribution >= 0.6 is 0 Å². The number of nitrogens with zero attached hydrogens (tertiary/aromatic N) is 1. The molecule has 0 saturated carbocycles. The molecule has 2 amide bonds. The Labute approximate surface area is 318 Å². The van der Waals surface area contributed by atoms with Crippen LogP contribution in [0.1, 0.15) is 95.1 Å². The molecule has 5 atom stereocenters. The summed E-state index contributed by atoms with van der Waals surface area (Å²) in [7, 11) is -0.559. The average Bonchev–Trinajstić information content (AvgIpc) is 3.47. The van der Waals surface area contributed by atoms with Crippen molar-refractivity contribution in [2.45, 2.75) is 121 Å². The van der Waals surface area contributed by atoms with Crippen LogP contribution < -0.4 is 15.4 Å². The van der Waals surface area contributed by atoms with E-state index < -0.39 is 14.4 Å². The fourth-order valence-corrected chi connectivity index (χ4v) is 8.30. The summed E-state index contributed by atoms with van der Waals surface area (Å²) in [6.45, 7) is 14.3. The first-order valence-corrected chi connectivity index (χ1v) is 22.4. The number of rotatable bonds is 11. The lowest BCUT2D eigenvalue weighted by Gasteiger charge is -2.42. The third-order valence-electron chi connectivity index (χ3n) is 11.2. The van der Waals surface area contributed by atoms with Gasteiger partial charge in [-0.15, -0.1) is 0 Å². The molecule has 0 spiro atoms. The van der Waals surface area contributed by atoms with Crippen molar-refractivity contribution in [3.05, 3.63) is 108 Å². The van der Waals surface area contributed by atoms with Crippen LogP contribution in [-0.4, -0.2) is 63.4 Å². The molecule has 5 rings (SSSR count). The van der Waals surface area contributed by atoms with E-state index in [4.69, 9.17) is 13.9 Å². The minimum absolute atomic E-state index is 0.0124. The Kier molecular flexibility index (Phi) is 14.1. The number of benzene rings is 3. The molecule has 0 fully saturated rings. The van der Waals surface area contributed by atoms with Crippen LogP contribution in [0.15, 0.2) is 91.0 Å². The highest BCUT2D eigenvalue weighted by molar-refractivity contribution is 6.74. The first kappa shape index (κ1) is 40.4. The average molecular weight is 740 g/mol. The number of hydrogen-bond donors (Lipinski definition) is 2.